The molecule has 9 heavy (non-hydrogen) atoms. The molecule has 1 aliphatic rings. The SMILES string of the molecule is [B]CC1CC(O)CN1C. The predicted molar refractivity (Wildman–Crippen MR) is 37.6 cm³/mol. The zero-order valence-electron chi connectivity index (χ0n) is 5.75. The second-order valence-corrected chi connectivity index (χ2v) is 2.72. The van der Waals surface area contributed by atoms with Crippen LogP contribution in [-0.2, 0) is 0 Å². The van der Waals surface area contributed by atoms with E-state index in [0.29, 0.717) is 12.4 Å². The van der Waals surface area contributed by atoms with Crippen LogP contribution in [-0.4, -0.2) is 43.6 Å². The van der Waals surface area contributed by atoms with Gasteiger partial charge in [-0.15, -0.1) is 0 Å². The lowest BCUT2D eigenvalue weighted by Gasteiger charge is -2.15. The minimum absolute atomic E-state index is 0.149. The van der Waals surface area contributed by atoms with Crippen LogP contribution in [0.3, 0.4) is 0 Å². The topological polar surface area (TPSA) is 23.5 Å². The van der Waals surface area contributed by atoms with Gasteiger partial charge in [0.05, 0.1) is 14.0 Å². The molecule has 2 unspecified atom stereocenters. The van der Waals surface area contributed by atoms with E-state index in [9.17, 15) is 0 Å². The monoisotopic (exact) mass is 125 g/mol. The zero-order chi connectivity index (χ0) is 6.85. The van der Waals surface area contributed by atoms with Crippen molar-refractivity contribution in [2.75, 3.05) is 13.6 Å². The van der Waals surface area contributed by atoms with Gasteiger partial charge in [0.25, 0.3) is 0 Å². The summed E-state index contributed by atoms with van der Waals surface area (Å²) in [5, 5.41) is 9.10. The number of rotatable bonds is 1. The number of nitrogens with zero attached hydrogens (tertiary/aromatic N) is 1. The van der Waals surface area contributed by atoms with E-state index < -0.39 is 0 Å². The number of hydrogen-bond donors (Lipinski definition) is 1. The molecule has 2 radical (unpaired) electrons. The minimum atomic E-state index is -0.149. The molecule has 0 aromatic rings. The Kier molecular flexibility index (Phi) is 2.14. The largest absolute Gasteiger partial charge is 0.392 e. The molecule has 0 saturated carbocycles. The first-order chi connectivity index (χ1) is 4.24. The Morgan fingerprint density at radius 1 is 1.78 bits per heavy atom. The van der Waals surface area contributed by atoms with Crippen molar-refractivity contribution in [3.8, 4) is 0 Å². The minimum Gasteiger partial charge on any atom is -0.392 e. The summed E-state index contributed by atoms with van der Waals surface area (Å²) >= 11 is 0. The first-order valence-corrected chi connectivity index (χ1v) is 3.32. The van der Waals surface area contributed by atoms with Crippen LogP contribution in [0.2, 0.25) is 6.32 Å². The van der Waals surface area contributed by atoms with Gasteiger partial charge in [-0.25, -0.2) is 0 Å². The number of β-amino-alcohol motifs (C(OH)–C–C–N with tert-alkyl or cyclic N) is 1. The van der Waals surface area contributed by atoms with Gasteiger partial charge in [-0.05, 0) is 13.5 Å². The van der Waals surface area contributed by atoms with Crippen LogP contribution >= 0.6 is 0 Å². The maximum Gasteiger partial charge on any atom is 0.0681 e. The van der Waals surface area contributed by atoms with Crippen molar-refractivity contribution in [3.05, 3.63) is 0 Å². The lowest BCUT2D eigenvalue weighted by molar-refractivity contribution is 0.182. The first-order valence-electron chi connectivity index (χ1n) is 3.32. The Morgan fingerprint density at radius 3 is 2.67 bits per heavy atom. The summed E-state index contributed by atoms with van der Waals surface area (Å²) in [4.78, 5) is 2.10. The quantitative estimate of drug-likeness (QED) is 0.483. The second kappa shape index (κ2) is 2.71. The molecule has 1 fully saturated rings. The van der Waals surface area contributed by atoms with E-state index in [-0.39, 0.29) is 6.10 Å². The number of likely N-dealkylation sites (tertiary alicyclic amines) is 1. The molecule has 3 heteroatoms. The fourth-order valence-corrected chi connectivity index (χ4v) is 1.33. The summed E-state index contributed by atoms with van der Waals surface area (Å²) < 4.78 is 0. The van der Waals surface area contributed by atoms with Gasteiger partial charge in [-0.1, -0.05) is 6.32 Å². The standard InChI is InChI=1S/C6H12BNO/c1-8-4-6(9)2-5(8)3-7/h5-6,9H,2-4H2,1H3. The molecule has 0 aromatic heterocycles. The summed E-state index contributed by atoms with van der Waals surface area (Å²) in [6, 6.07) is 0.403. The Morgan fingerprint density at radius 2 is 2.44 bits per heavy atom. The van der Waals surface area contributed by atoms with Crippen molar-refractivity contribution in [1.29, 1.82) is 0 Å². The van der Waals surface area contributed by atoms with Gasteiger partial charge in [-0.2, -0.15) is 0 Å². The maximum atomic E-state index is 9.10. The molecule has 2 nitrogen and oxygen atoms in total. The summed E-state index contributed by atoms with van der Waals surface area (Å²) in [7, 11) is 7.43. The Bertz CT molecular complexity index is 99.1. The van der Waals surface area contributed by atoms with E-state index >= 15 is 0 Å². The molecule has 0 spiro atoms. The molecular formula is C6H12BNO. The third-order valence-electron chi connectivity index (χ3n) is 1.94. The Labute approximate surface area is 57.3 Å². The fourth-order valence-electron chi connectivity index (χ4n) is 1.33. The molecule has 1 heterocycles. The molecule has 0 aromatic carbocycles. The van der Waals surface area contributed by atoms with Gasteiger partial charge >= 0.3 is 0 Å². The van der Waals surface area contributed by atoms with Gasteiger partial charge < -0.3 is 10.0 Å². The van der Waals surface area contributed by atoms with E-state index in [4.69, 9.17) is 13.0 Å². The van der Waals surface area contributed by atoms with E-state index in [0.717, 1.165) is 13.0 Å². The molecule has 0 amide bonds. The van der Waals surface area contributed by atoms with Gasteiger partial charge in [-0.3, -0.25) is 0 Å². The highest BCUT2D eigenvalue weighted by molar-refractivity contribution is 6.08. The van der Waals surface area contributed by atoms with E-state index in [1.165, 1.54) is 0 Å². The molecule has 2 atom stereocenters. The summed E-state index contributed by atoms with van der Waals surface area (Å²) in [5.74, 6) is 0. The third-order valence-corrected chi connectivity index (χ3v) is 1.94. The van der Waals surface area contributed by atoms with Crippen LogP contribution in [0.1, 0.15) is 6.42 Å². The summed E-state index contributed by atoms with van der Waals surface area (Å²) in [5.41, 5.74) is 0. The van der Waals surface area contributed by atoms with Crippen LogP contribution < -0.4 is 0 Å². The molecule has 1 aliphatic heterocycles. The van der Waals surface area contributed by atoms with Crippen molar-refractivity contribution < 1.29 is 5.11 Å². The van der Waals surface area contributed by atoms with Gasteiger partial charge in [0.2, 0.25) is 0 Å². The van der Waals surface area contributed by atoms with Crippen molar-refractivity contribution in [2.24, 2.45) is 0 Å². The normalized spacial score (nSPS) is 37.6. The fraction of sp³-hybridized carbons (Fsp3) is 1.00. The van der Waals surface area contributed by atoms with Crippen molar-refractivity contribution in [1.82, 2.24) is 4.90 Å². The first kappa shape index (κ1) is 7.10. The third kappa shape index (κ3) is 1.46. The van der Waals surface area contributed by atoms with Crippen LogP contribution in [0, 0.1) is 0 Å². The molecule has 50 valence electrons. The highest BCUT2D eigenvalue weighted by atomic mass is 16.3. The maximum absolute atomic E-state index is 9.10. The summed E-state index contributed by atoms with van der Waals surface area (Å²) in [6.45, 7) is 0.780. The lowest BCUT2D eigenvalue weighted by Crippen LogP contribution is -2.24. The van der Waals surface area contributed by atoms with E-state index in [1.54, 1.807) is 0 Å². The van der Waals surface area contributed by atoms with Crippen LogP contribution in [0.5, 0.6) is 0 Å². The number of aliphatic hydroxyl groups is 1. The average molecular weight is 125 g/mol. The van der Waals surface area contributed by atoms with Gasteiger partial charge in [0.1, 0.15) is 0 Å². The number of likely N-dealkylation sites (N-methyl/N-ethyl adjacent to an activating group) is 1. The molecule has 1 rings (SSSR count). The molecule has 1 saturated heterocycles. The van der Waals surface area contributed by atoms with E-state index in [1.807, 2.05) is 7.05 Å². The highest BCUT2D eigenvalue weighted by Crippen LogP contribution is 2.17. The number of hydrogen-bond acceptors (Lipinski definition) is 2. The van der Waals surface area contributed by atoms with Crippen molar-refractivity contribution >= 4 is 7.85 Å². The smallest absolute Gasteiger partial charge is 0.0681 e. The molecular weight excluding hydrogens is 113 g/mol. The van der Waals surface area contributed by atoms with Crippen LogP contribution in [0.15, 0.2) is 0 Å². The average Bonchev–Trinajstić information content (AvgIpc) is 2.10. The van der Waals surface area contributed by atoms with Gasteiger partial charge in [0.15, 0.2) is 0 Å². The second-order valence-electron chi connectivity index (χ2n) is 2.72. The Hall–Kier alpha value is -0.0151. The van der Waals surface area contributed by atoms with Crippen molar-refractivity contribution in [2.45, 2.75) is 24.9 Å². The number of aliphatic hydroxyl groups excluding tert-OH is 1. The van der Waals surface area contributed by atoms with E-state index in [2.05, 4.69) is 4.90 Å². The molecule has 1 N–H and O–H groups in total. The Balaban J connectivity index is 2.38. The van der Waals surface area contributed by atoms with Crippen LogP contribution in [0.4, 0.5) is 0 Å². The van der Waals surface area contributed by atoms with Crippen molar-refractivity contribution in [3.63, 3.8) is 0 Å². The van der Waals surface area contributed by atoms with Gasteiger partial charge in [0, 0.05) is 12.6 Å². The van der Waals surface area contributed by atoms with Crippen LogP contribution in [0.25, 0.3) is 0 Å². The zero-order valence-corrected chi connectivity index (χ0v) is 5.75. The lowest BCUT2D eigenvalue weighted by atomic mass is 9.95. The summed E-state index contributed by atoms with van der Waals surface area (Å²) in [6.07, 6.45) is 1.35. The highest BCUT2D eigenvalue weighted by Gasteiger charge is 2.25. The predicted octanol–water partition coefficient (Wildman–Crippen LogP) is -0.362. The molecule has 0 aliphatic carbocycles. The molecule has 0 bridgehead atoms.